The molecule has 0 unspecified atom stereocenters. The summed E-state index contributed by atoms with van der Waals surface area (Å²) in [6.45, 7) is 0. The Labute approximate surface area is 559 Å². The molecule has 0 atom stereocenters. The van der Waals surface area contributed by atoms with Crippen molar-refractivity contribution in [3.8, 4) is 0 Å². The molecule has 0 saturated heterocycles. The summed E-state index contributed by atoms with van der Waals surface area (Å²) < 4.78 is 0. The zero-order valence-electron chi connectivity index (χ0n) is 16.6. The van der Waals surface area contributed by atoms with Crippen LogP contribution in [0.2, 0.25) is 0 Å². The van der Waals surface area contributed by atoms with E-state index in [0.29, 0.717) is 0 Å². The Bertz CT molecular complexity index is 687. The predicted octanol–water partition coefficient (Wildman–Crippen LogP) is 39.0. The molecule has 0 aliphatic carbocycles. The van der Waals surface area contributed by atoms with E-state index in [1.165, 1.54) is 0 Å². The molecule has 0 aliphatic rings. The molecule has 0 amide bonds. The molecule has 0 aliphatic heterocycles. The van der Waals surface area contributed by atoms with E-state index in [0.717, 1.165) is 0 Å². The first kappa shape index (κ1) is 76.1. The number of halogens is 44. The van der Waals surface area contributed by atoms with Crippen molar-refractivity contribution in [1.29, 1.82) is 0 Å². The molecule has 0 nitrogen and oxygen atoms in total. The molecule has 0 rings (SSSR count). The van der Waals surface area contributed by atoms with Gasteiger partial charge in [0.05, 0.1) is 0 Å². The van der Waals surface area contributed by atoms with E-state index in [-0.39, 0.29) is 0 Å². The Morgan fingerprint density at radius 2 is 0.182 bits per heavy atom. The van der Waals surface area contributed by atoms with Crippen LogP contribution < -0.4 is 0 Å². The zero-order chi connectivity index (χ0) is 35.1. The molecule has 0 heterocycles. The maximum absolute atomic E-state index is 3.36. The van der Waals surface area contributed by atoms with Gasteiger partial charge in [0.2, 0.25) is 0 Å². The molecule has 0 N–H and O–H groups in total. The molecule has 0 fully saturated rings. The molecule has 44 heteroatoms. The van der Waals surface area contributed by atoms with Gasteiger partial charge in [-0.05, 0) is 0 Å². The molecule has 308 valence electrons. The average Bonchev–Trinajstić information content (AvgIpc) is 3.00. The van der Waals surface area contributed by atoms with Gasteiger partial charge in [0.1, 0.15) is 0 Å². The molecular weight excluding hydrogens is 5580 g/mol. The molecule has 44 heavy (non-hydrogen) atoms. The van der Waals surface area contributed by atoms with Crippen molar-refractivity contribution in [2.45, 2.75) is 0 Å². The van der Waals surface area contributed by atoms with Crippen molar-refractivity contribution < 1.29 is 0 Å². The summed E-state index contributed by atoms with van der Waals surface area (Å²) in [6.07, 6.45) is 0. The van der Waals surface area contributed by atoms with Gasteiger partial charge in [-0.25, -0.2) is 0 Å². The van der Waals surface area contributed by atoms with Crippen LogP contribution >= 0.6 is 594 Å². The topological polar surface area (TPSA) is 0 Å². The monoisotopic (exact) mass is 5580 g/mol. The van der Waals surface area contributed by atoms with E-state index in [1.807, 2.05) is 0 Å². The third-order valence-corrected chi connectivity index (χ3v) is 3310. The van der Waals surface area contributed by atoms with Crippen LogP contribution in [0.15, 0.2) is 0 Å². The van der Waals surface area contributed by atoms with Gasteiger partial charge in [0.25, 0.3) is 0 Å². The van der Waals surface area contributed by atoms with Gasteiger partial charge in [-0.15, -0.1) is 0 Å². The van der Waals surface area contributed by atoms with Gasteiger partial charge in [-0.1, -0.05) is 0 Å². The molecule has 0 aromatic carbocycles. The van der Waals surface area contributed by atoms with Gasteiger partial charge < -0.3 is 0 Å². The molecule has 0 spiro atoms. The summed E-state index contributed by atoms with van der Waals surface area (Å²) in [6, 6.07) is 0. The van der Waals surface area contributed by atoms with Crippen LogP contribution in [0.3, 0.4) is 0 Å². The fourth-order valence-corrected chi connectivity index (χ4v) is 7960. The van der Waals surface area contributed by atoms with Crippen LogP contribution in [0, 0.1) is 0 Å². The van der Waals surface area contributed by atoms with Crippen molar-refractivity contribution in [3.63, 3.8) is 0 Å². The Balaban J connectivity index is 5.48. The summed E-state index contributed by atoms with van der Waals surface area (Å²) in [4.78, 5) is 0. The van der Waals surface area contributed by atoms with Crippen LogP contribution in [0.25, 0.3) is 0 Å². The van der Waals surface area contributed by atoms with Crippen molar-refractivity contribution in [2.24, 2.45) is 0 Å². The first-order valence-corrected chi connectivity index (χ1v) is 276. The Kier molecular flexibility index (Phi) is 78.9. The molecule has 0 aromatic heterocycles. The van der Waals surface area contributed by atoms with Gasteiger partial charge in [0.15, 0.2) is 0 Å². The van der Waals surface area contributed by atoms with Crippen molar-refractivity contribution >= 4 is 594 Å². The van der Waals surface area contributed by atoms with E-state index >= 15 is 0 Å². The van der Waals surface area contributed by atoms with Crippen LogP contribution in [-0.2, 0) is 0 Å². The third-order valence-electron chi connectivity index (χ3n) is 1.63. The van der Waals surface area contributed by atoms with E-state index < -0.39 is 166 Å². The van der Waals surface area contributed by atoms with Crippen molar-refractivity contribution in [1.82, 2.24) is 0 Å². The predicted molar refractivity (Wildman–Crippen MR) is 617 cm³/mol. The molecule has 0 radical (unpaired) electrons. The quantitative estimate of drug-likeness (QED) is 0.107. The second-order valence-electron chi connectivity index (χ2n) is 3.40. The zero-order valence-corrected chi connectivity index (χ0v) is 112. The van der Waals surface area contributed by atoms with E-state index in [9.17, 15) is 0 Å². The van der Waals surface area contributed by atoms with Crippen LogP contribution in [-0.4, -0.2) is 0 Å². The number of hydrogen-bond acceptors (Lipinski definition) is 0. The summed E-state index contributed by atoms with van der Waals surface area (Å²) >= 11 is 74.5. The van der Waals surface area contributed by atoms with Gasteiger partial charge in [0, 0.05) is 0 Å². The Morgan fingerprint density at radius 3 is 0.250 bits per heavy atom. The van der Waals surface area contributed by atoms with E-state index in [2.05, 4.69) is 428 Å². The molecule has 0 aromatic rings. The normalized spacial score (nSPS) is 18.8. The fraction of sp³-hybridized carbons (Fsp3) is 0. The van der Waals surface area contributed by atoms with Gasteiger partial charge >= 0.3 is 594 Å². The van der Waals surface area contributed by atoms with Crippen molar-refractivity contribution in [3.05, 3.63) is 0 Å². The van der Waals surface area contributed by atoms with E-state index in [1.54, 1.807) is 0 Å². The molecular formula is I44. The van der Waals surface area contributed by atoms with Crippen LogP contribution in [0.1, 0.15) is 0 Å². The second kappa shape index (κ2) is 45.6. The third kappa shape index (κ3) is 31.5. The van der Waals surface area contributed by atoms with Gasteiger partial charge in [-0.3, -0.25) is 0 Å². The number of hydrogen-bond donors (Lipinski definition) is 0. The first-order chi connectivity index (χ1) is 19.9. The summed E-state index contributed by atoms with van der Waals surface area (Å²) in [5, 5.41) is 0. The Hall–Kier alpha value is 32.1. The molecule has 0 saturated carbocycles. The number of rotatable bonds is 20. The maximum atomic E-state index is 3.36. The minimum atomic E-state index is -0.557. The summed E-state index contributed by atoms with van der Waals surface area (Å²) in [7, 11) is -10.9. The summed E-state index contributed by atoms with van der Waals surface area (Å²) in [5.41, 5.74) is 0. The standard InChI is InChI=1S/I44/c1-24(2)26(5)28(7)30(9)32(11)34(13)36(15)38(17)40(19)42(21)44(23)43(22)41(20)39(18)37(16)35(14)33(12)31(10)29(8)27(6)25(3)4. The van der Waals surface area contributed by atoms with E-state index in [4.69, 9.17) is 0 Å². The van der Waals surface area contributed by atoms with Gasteiger partial charge in [-0.2, -0.15) is 0 Å². The fourth-order valence-electron chi connectivity index (χ4n) is 0.586. The van der Waals surface area contributed by atoms with Crippen LogP contribution in [0.4, 0.5) is 0 Å². The average molecular weight is 5580 g/mol. The molecule has 0 bridgehead atoms. The summed E-state index contributed by atoms with van der Waals surface area (Å²) in [5.74, 6) is 0. The second-order valence-corrected chi connectivity index (χ2v) is 1030. The SMILES string of the molecule is II(I)I(I)I(I)I(I)I(I)I(I)I(I)I(I)I(I)I(I)I(I)I(I)I(I)I(I)I(I)I(I)I(I)I(I)I(I)I(I)I(I)I. The Morgan fingerprint density at radius 1 is 0.114 bits per heavy atom. The van der Waals surface area contributed by atoms with Crippen LogP contribution in [0.5, 0.6) is 0 Å². The minimum absolute atomic E-state index is 0.456. The van der Waals surface area contributed by atoms with Crippen molar-refractivity contribution in [2.75, 3.05) is 0 Å². The first-order valence-electron chi connectivity index (χ1n) is 6.14.